The molecule has 1 fully saturated rings. The standard InChI is InChI=1S/C27H28N4O2/c1-18(2)20-9-7-19(8-10-20)17-24(32)31-15-13-30(14-16-31)23-11-12-28-26-25(23)21-5-3-4-6-22(21)27(33)29-26/h3-12,18H,13-17H2,1-2H3,(H,28,29,33). The Morgan fingerprint density at radius 1 is 0.970 bits per heavy atom. The summed E-state index contributed by atoms with van der Waals surface area (Å²) in [6.07, 6.45) is 2.17. The summed E-state index contributed by atoms with van der Waals surface area (Å²) in [4.78, 5) is 36.9. The molecule has 0 aliphatic carbocycles. The number of pyridine rings is 2. The molecular weight excluding hydrogens is 412 g/mol. The van der Waals surface area contributed by atoms with E-state index in [9.17, 15) is 9.59 Å². The number of H-pyrrole nitrogens is 1. The smallest absolute Gasteiger partial charge is 0.257 e. The van der Waals surface area contributed by atoms with E-state index in [1.54, 1.807) is 6.20 Å². The number of aromatic nitrogens is 2. The number of fused-ring (bicyclic) bond motifs is 3. The Morgan fingerprint density at radius 3 is 2.36 bits per heavy atom. The number of nitrogens with zero attached hydrogens (tertiary/aromatic N) is 3. The molecule has 0 bridgehead atoms. The molecule has 1 saturated heterocycles. The molecular formula is C27H28N4O2. The van der Waals surface area contributed by atoms with Crippen LogP contribution < -0.4 is 10.5 Å². The summed E-state index contributed by atoms with van der Waals surface area (Å²) in [6, 6.07) is 18.0. The van der Waals surface area contributed by atoms with Gasteiger partial charge in [-0.1, -0.05) is 56.3 Å². The van der Waals surface area contributed by atoms with Gasteiger partial charge in [-0.05, 0) is 29.2 Å². The molecule has 0 unspecified atom stereocenters. The van der Waals surface area contributed by atoms with E-state index in [2.05, 4.69) is 53.0 Å². The molecule has 0 saturated carbocycles. The van der Waals surface area contributed by atoms with E-state index in [4.69, 9.17) is 0 Å². The van der Waals surface area contributed by atoms with E-state index < -0.39 is 0 Å². The van der Waals surface area contributed by atoms with Crippen molar-refractivity contribution in [3.8, 4) is 0 Å². The van der Waals surface area contributed by atoms with Crippen molar-refractivity contribution in [1.82, 2.24) is 14.9 Å². The molecule has 168 valence electrons. The maximum absolute atomic E-state index is 12.9. The number of carbonyl (C=O) groups excluding carboxylic acids is 1. The van der Waals surface area contributed by atoms with Gasteiger partial charge < -0.3 is 14.8 Å². The molecule has 0 spiro atoms. The van der Waals surface area contributed by atoms with Crippen LogP contribution in [-0.4, -0.2) is 47.0 Å². The maximum Gasteiger partial charge on any atom is 0.257 e. The Morgan fingerprint density at radius 2 is 1.67 bits per heavy atom. The number of hydrogen-bond donors (Lipinski definition) is 1. The van der Waals surface area contributed by atoms with Crippen LogP contribution in [0.25, 0.3) is 21.8 Å². The fourth-order valence-corrected chi connectivity index (χ4v) is 4.65. The van der Waals surface area contributed by atoms with Crippen molar-refractivity contribution in [3.63, 3.8) is 0 Å². The molecule has 1 aliphatic rings. The average Bonchev–Trinajstić information content (AvgIpc) is 2.84. The number of anilines is 1. The van der Waals surface area contributed by atoms with Gasteiger partial charge in [0.2, 0.25) is 5.91 Å². The number of aromatic amines is 1. The molecule has 5 rings (SSSR count). The summed E-state index contributed by atoms with van der Waals surface area (Å²) >= 11 is 0. The third kappa shape index (κ3) is 4.09. The zero-order chi connectivity index (χ0) is 22.9. The molecule has 3 heterocycles. The first-order chi connectivity index (χ1) is 16.0. The molecule has 4 aromatic rings. The van der Waals surface area contributed by atoms with Gasteiger partial charge in [0.15, 0.2) is 0 Å². The third-order valence-electron chi connectivity index (χ3n) is 6.58. The minimum Gasteiger partial charge on any atom is -0.367 e. The van der Waals surface area contributed by atoms with Crippen LogP contribution in [0.1, 0.15) is 30.9 Å². The largest absolute Gasteiger partial charge is 0.367 e. The Labute approximate surface area is 192 Å². The Kier molecular flexibility index (Phi) is 5.58. The van der Waals surface area contributed by atoms with Gasteiger partial charge in [-0.25, -0.2) is 4.98 Å². The second kappa shape index (κ2) is 8.70. The van der Waals surface area contributed by atoms with Crippen LogP contribution in [0.2, 0.25) is 0 Å². The van der Waals surface area contributed by atoms with Crippen LogP contribution in [0.4, 0.5) is 5.69 Å². The molecule has 2 aromatic carbocycles. The first-order valence-corrected chi connectivity index (χ1v) is 11.5. The van der Waals surface area contributed by atoms with E-state index in [0.717, 1.165) is 35.1 Å². The molecule has 6 heteroatoms. The number of hydrogen-bond acceptors (Lipinski definition) is 4. The second-order valence-electron chi connectivity index (χ2n) is 8.99. The predicted octanol–water partition coefficient (Wildman–Crippen LogP) is 4.09. The van der Waals surface area contributed by atoms with Gasteiger partial charge in [0.05, 0.1) is 6.42 Å². The lowest BCUT2D eigenvalue weighted by molar-refractivity contribution is -0.130. The number of nitrogens with one attached hydrogen (secondary N) is 1. The van der Waals surface area contributed by atoms with Crippen molar-refractivity contribution >= 4 is 33.4 Å². The summed E-state index contributed by atoms with van der Waals surface area (Å²) in [5.41, 5.74) is 3.86. The van der Waals surface area contributed by atoms with E-state index in [1.165, 1.54) is 5.56 Å². The Balaban J connectivity index is 1.33. The Hall–Kier alpha value is -3.67. The molecule has 2 aromatic heterocycles. The lowest BCUT2D eigenvalue weighted by atomic mass is 10.0. The third-order valence-corrected chi connectivity index (χ3v) is 6.58. The van der Waals surface area contributed by atoms with E-state index in [0.29, 0.717) is 36.5 Å². The van der Waals surface area contributed by atoms with Gasteiger partial charge in [0.25, 0.3) is 5.56 Å². The van der Waals surface area contributed by atoms with E-state index >= 15 is 0 Å². The van der Waals surface area contributed by atoms with Crippen molar-refractivity contribution in [2.45, 2.75) is 26.2 Å². The molecule has 0 atom stereocenters. The monoisotopic (exact) mass is 440 g/mol. The van der Waals surface area contributed by atoms with Gasteiger partial charge in [0.1, 0.15) is 5.65 Å². The topological polar surface area (TPSA) is 69.3 Å². The van der Waals surface area contributed by atoms with E-state index in [1.807, 2.05) is 35.2 Å². The average molecular weight is 441 g/mol. The van der Waals surface area contributed by atoms with Gasteiger partial charge in [-0.2, -0.15) is 0 Å². The molecule has 1 amide bonds. The van der Waals surface area contributed by atoms with Crippen molar-refractivity contribution in [2.75, 3.05) is 31.1 Å². The number of carbonyl (C=O) groups is 1. The molecule has 33 heavy (non-hydrogen) atoms. The highest BCUT2D eigenvalue weighted by Gasteiger charge is 2.23. The first-order valence-electron chi connectivity index (χ1n) is 11.5. The van der Waals surface area contributed by atoms with Gasteiger partial charge >= 0.3 is 0 Å². The minimum absolute atomic E-state index is 0.125. The first kappa shape index (κ1) is 21.2. The summed E-state index contributed by atoms with van der Waals surface area (Å²) in [7, 11) is 0. The lowest BCUT2D eigenvalue weighted by Crippen LogP contribution is -2.49. The molecule has 6 nitrogen and oxygen atoms in total. The SMILES string of the molecule is CC(C)c1ccc(CC(=O)N2CCN(c3ccnc4[nH]c(=O)c5ccccc5c34)CC2)cc1. The van der Waals surface area contributed by atoms with Crippen LogP contribution in [0, 0.1) is 0 Å². The van der Waals surface area contributed by atoms with Gasteiger partial charge in [-0.3, -0.25) is 9.59 Å². The highest BCUT2D eigenvalue weighted by atomic mass is 16.2. The van der Waals surface area contributed by atoms with Gasteiger partial charge in [0, 0.05) is 54.2 Å². The van der Waals surface area contributed by atoms with E-state index in [-0.39, 0.29) is 11.5 Å². The van der Waals surface area contributed by atoms with Crippen molar-refractivity contribution < 1.29 is 4.79 Å². The zero-order valence-electron chi connectivity index (χ0n) is 19.0. The number of benzene rings is 2. The van der Waals surface area contributed by atoms with Crippen LogP contribution in [0.15, 0.2) is 65.6 Å². The zero-order valence-corrected chi connectivity index (χ0v) is 19.0. The highest BCUT2D eigenvalue weighted by molar-refractivity contribution is 6.10. The normalized spacial score (nSPS) is 14.4. The fraction of sp³-hybridized carbons (Fsp3) is 0.296. The number of rotatable bonds is 4. The fourth-order valence-electron chi connectivity index (χ4n) is 4.65. The van der Waals surface area contributed by atoms with Crippen LogP contribution >= 0.6 is 0 Å². The highest BCUT2D eigenvalue weighted by Crippen LogP contribution is 2.30. The number of amides is 1. The van der Waals surface area contributed by atoms with Crippen LogP contribution in [0.5, 0.6) is 0 Å². The van der Waals surface area contributed by atoms with Crippen LogP contribution in [-0.2, 0) is 11.2 Å². The van der Waals surface area contributed by atoms with Crippen molar-refractivity contribution in [1.29, 1.82) is 0 Å². The number of piperazine rings is 1. The quantitative estimate of drug-likeness (QED) is 0.485. The minimum atomic E-state index is -0.125. The summed E-state index contributed by atoms with van der Waals surface area (Å²) in [6.45, 7) is 7.18. The summed E-state index contributed by atoms with van der Waals surface area (Å²) in [5.74, 6) is 0.656. The molecule has 1 N–H and O–H groups in total. The van der Waals surface area contributed by atoms with Crippen molar-refractivity contribution in [3.05, 3.63) is 82.3 Å². The molecule has 0 radical (unpaired) electrons. The van der Waals surface area contributed by atoms with Crippen LogP contribution in [0.3, 0.4) is 0 Å². The molecule has 1 aliphatic heterocycles. The predicted molar refractivity (Wildman–Crippen MR) is 133 cm³/mol. The second-order valence-corrected chi connectivity index (χ2v) is 8.99. The lowest BCUT2D eigenvalue weighted by Gasteiger charge is -2.36. The summed E-state index contributed by atoms with van der Waals surface area (Å²) in [5, 5.41) is 2.52. The maximum atomic E-state index is 12.9. The Bertz CT molecular complexity index is 1370. The van der Waals surface area contributed by atoms with Crippen molar-refractivity contribution in [2.24, 2.45) is 0 Å². The van der Waals surface area contributed by atoms with Gasteiger partial charge in [-0.15, -0.1) is 0 Å². The summed E-state index contributed by atoms with van der Waals surface area (Å²) < 4.78 is 0.